The maximum Gasteiger partial charge on any atom is 0.404 e. The number of aromatic nitrogens is 2. The monoisotopic (exact) mass is 510 g/mol. The zero-order valence-corrected chi connectivity index (χ0v) is 20.0. The summed E-state index contributed by atoms with van der Waals surface area (Å²) in [6.07, 6.45) is 5.23. The second-order valence-electron chi connectivity index (χ2n) is 9.16. The van der Waals surface area contributed by atoms with E-state index >= 15 is 0 Å². The number of carboxylic acid groups (broad SMARTS) is 1. The number of halogens is 3. The molecule has 4 rings (SSSR count). The first-order chi connectivity index (χ1) is 17.7. The van der Waals surface area contributed by atoms with Gasteiger partial charge >= 0.3 is 6.09 Å². The van der Waals surface area contributed by atoms with Crippen LogP contribution in [0.2, 0.25) is 0 Å². The number of nitrogens with zero attached hydrogens (tertiary/aromatic N) is 2. The van der Waals surface area contributed by atoms with Gasteiger partial charge in [0, 0.05) is 12.2 Å². The number of carbonyl (C=O) groups excluding carboxylic acids is 1. The Bertz CT molecular complexity index is 1340. The number of pyridine rings is 2. The Kier molecular flexibility index (Phi) is 7.56. The van der Waals surface area contributed by atoms with Crippen LogP contribution in [-0.4, -0.2) is 33.1 Å². The fourth-order valence-electron chi connectivity index (χ4n) is 4.88. The molecule has 1 aromatic carbocycles. The second kappa shape index (κ2) is 10.8. The molecular formula is C27H25F3N4O3. The molecule has 3 aromatic rings. The van der Waals surface area contributed by atoms with Crippen LogP contribution in [-0.2, 0) is 0 Å². The van der Waals surface area contributed by atoms with Gasteiger partial charge in [0.25, 0.3) is 5.91 Å². The average molecular weight is 511 g/mol. The van der Waals surface area contributed by atoms with E-state index in [9.17, 15) is 22.8 Å². The van der Waals surface area contributed by atoms with E-state index in [1.54, 1.807) is 12.3 Å². The molecule has 10 heteroatoms. The van der Waals surface area contributed by atoms with Gasteiger partial charge in [-0.1, -0.05) is 19.6 Å². The van der Waals surface area contributed by atoms with Crippen LogP contribution in [0.5, 0.6) is 0 Å². The molecule has 2 amide bonds. The number of benzene rings is 1. The lowest BCUT2D eigenvalue weighted by atomic mass is 9.76. The average Bonchev–Trinajstić information content (AvgIpc) is 2.84. The summed E-state index contributed by atoms with van der Waals surface area (Å²) in [7, 11) is 0. The first kappa shape index (κ1) is 25.9. The summed E-state index contributed by atoms with van der Waals surface area (Å²) < 4.78 is 43.8. The Morgan fingerprint density at radius 3 is 2.49 bits per heavy atom. The van der Waals surface area contributed by atoms with Crippen LogP contribution in [0, 0.1) is 23.4 Å². The van der Waals surface area contributed by atoms with Crippen LogP contribution in [0.25, 0.3) is 17.3 Å². The summed E-state index contributed by atoms with van der Waals surface area (Å²) in [5.41, 5.74) is -0.232. The van der Waals surface area contributed by atoms with Gasteiger partial charge in [0.2, 0.25) is 0 Å². The highest BCUT2D eigenvalue weighted by Crippen LogP contribution is 2.39. The van der Waals surface area contributed by atoms with Gasteiger partial charge in [-0.05, 0) is 72.6 Å². The van der Waals surface area contributed by atoms with Gasteiger partial charge in [0.05, 0.1) is 17.4 Å². The SMILES string of the molecule is C=Cc1cc(F)c(-c2nc(C(=O)Nc3cnccc3[C@H]3CC(NC(=O)O)C[C@@H](C)C3)ccc2F)c(F)c1. The van der Waals surface area contributed by atoms with Crippen molar-refractivity contribution >= 4 is 23.8 Å². The first-order valence-electron chi connectivity index (χ1n) is 11.7. The Morgan fingerprint density at radius 1 is 1.08 bits per heavy atom. The van der Waals surface area contributed by atoms with Gasteiger partial charge < -0.3 is 15.7 Å². The lowest BCUT2D eigenvalue weighted by molar-refractivity contribution is 0.102. The molecule has 3 N–H and O–H groups in total. The Labute approximate surface area is 211 Å². The third-order valence-corrected chi connectivity index (χ3v) is 6.43. The van der Waals surface area contributed by atoms with Crippen molar-refractivity contribution in [2.24, 2.45) is 5.92 Å². The molecule has 1 aliphatic rings. The molecule has 0 radical (unpaired) electrons. The van der Waals surface area contributed by atoms with Crippen molar-refractivity contribution in [2.45, 2.75) is 38.1 Å². The first-order valence-corrected chi connectivity index (χ1v) is 11.7. The minimum absolute atomic E-state index is 0.0535. The maximum atomic E-state index is 14.6. The Hall–Kier alpha value is -4.21. The molecular weight excluding hydrogens is 485 g/mol. The summed E-state index contributed by atoms with van der Waals surface area (Å²) >= 11 is 0. The van der Waals surface area contributed by atoms with Crippen molar-refractivity contribution in [3.8, 4) is 11.3 Å². The highest BCUT2D eigenvalue weighted by Gasteiger charge is 2.30. The molecule has 2 aromatic heterocycles. The maximum absolute atomic E-state index is 14.6. The third-order valence-electron chi connectivity index (χ3n) is 6.43. The molecule has 2 heterocycles. The Balaban J connectivity index is 1.62. The zero-order valence-electron chi connectivity index (χ0n) is 20.0. The molecule has 0 spiro atoms. The van der Waals surface area contributed by atoms with Gasteiger partial charge in [0.1, 0.15) is 28.8 Å². The molecule has 0 bridgehead atoms. The van der Waals surface area contributed by atoms with E-state index in [1.165, 1.54) is 12.3 Å². The van der Waals surface area contributed by atoms with E-state index in [1.807, 2.05) is 6.92 Å². The van der Waals surface area contributed by atoms with Crippen molar-refractivity contribution < 1.29 is 27.9 Å². The van der Waals surface area contributed by atoms with E-state index in [4.69, 9.17) is 5.11 Å². The van der Waals surface area contributed by atoms with E-state index in [-0.39, 0.29) is 29.1 Å². The van der Waals surface area contributed by atoms with Crippen LogP contribution in [0.15, 0.2) is 49.3 Å². The topological polar surface area (TPSA) is 104 Å². The normalized spacial score (nSPS) is 19.2. The predicted molar refractivity (Wildman–Crippen MR) is 133 cm³/mol. The molecule has 192 valence electrons. The quantitative estimate of drug-likeness (QED) is 0.378. The van der Waals surface area contributed by atoms with Crippen molar-refractivity contribution in [1.82, 2.24) is 15.3 Å². The predicted octanol–water partition coefficient (Wildman–Crippen LogP) is 6.00. The molecule has 3 atom stereocenters. The number of carbonyl (C=O) groups is 2. The highest BCUT2D eigenvalue weighted by atomic mass is 19.1. The number of anilines is 1. The summed E-state index contributed by atoms with van der Waals surface area (Å²) in [4.78, 5) is 32.2. The Morgan fingerprint density at radius 2 is 1.81 bits per heavy atom. The highest BCUT2D eigenvalue weighted by molar-refractivity contribution is 6.03. The fourth-order valence-corrected chi connectivity index (χ4v) is 4.88. The number of nitrogens with one attached hydrogen (secondary N) is 2. The molecule has 1 aliphatic carbocycles. The van der Waals surface area contributed by atoms with Gasteiger partial charge in [0.15, 0.2) is 0 Å². The molecule has 0 saturated heterocycles. The number of rotatable bonds is 6. The summed E-state index contributed by atoms with van der Waals surface area (Å²) in [6, 6.07) is 5.56. The second-order valence-corrected chi connectivity index (χ2v) is 9.16. The molecule has 1 fully saturated rings. The largest absolute Gasteiger partial charge is 0.465 e. The number of hydrogen-bond acceptors (Lipinski definition) is 4. The fraction of sp³-hybridized carbons (Fsp3) is 0.259. The molecule has 1 unspecified atom stereocenters. The number of hydrogen-bond donors (Lipinski definition) is 3. The van der Waals surface area contributed by atoms with Crippen LogP contribution >= 0.6 is 0 Å². The van der Waals surface area contributed by atoms with Crippen molar-refractivity contribution in [1.29, 1.82) is 0 Å². The van der Waals surface area contributed by atoms with Gasteiger partial charge in [-0.3, -0.25) is 9.78 Å². The zero-order chi connectivity index (χ0) is 26.7. The molecule has 7 nitrogen and oxygen atoms in total. The smallest absolute Gasteiger partial charge is 0.404 e. The number of amides is 2. The van der Waals surface area contributed by atoms with E-state index in [2.05, 4.69) is 27.2 Å². The summed E-state index contributed by atoms with van der Waals surface area (Å²) in [6.45, 7) is 5.49. The lowest BCUT2D eigenvalue weighted by Crippen LogP contribution is -2.39. The minimum atomic E-state index is -1.09. The van der Waals surface area contributed by atoms with Crippen molar-refractivity contribution in [3.05, 3.63) is 83.6 Å². The van der Waals surface area contributed by atoms with Crippen LogP contribution in [0.1, 0.15) is 53.7 Å². The molecule has 37 heavy (non-hydrogen) atoms. The van der Waals surface area contributed by atoms with E-state index in [0.29, 0.717) is 18.5 Å². The standard InChI is InChI=1S/C27H25F3N4O3/c1-3-15-10-20(29)24(21(30)11-15)25-19(28)4-5-22(33-25)26(35)34-23-13-31-7-6-18(23)16-8-14(2)9-17(12-16)32-27(36)37/h3-7,10-11,13-14,16-17,32H,1,8-9,12H2,2H3,(H,34,35)(H,36,37)/t14-,16+,17?/m0/s1. The van der Waals surface area contributed by atoms with Crippen molar-refractivity contribution in [2.75, 3.05) is 5.32 Å². The van der Waals surface area contributed by atoms with Gasteiger partial charge in [-0.2, -0.15) is 0 Å². The van der Waals surface area contributed by atoms with Crippen LogP contribution in [0.4, 0.5) is 23.7 Å². The summed E-state index contributed by atoms with van der Waals surface area (Å²) in [5, 5.41) is 14.4. The van der Waals surface area contributed by atoms with Crippen molar-refractivity contribution in [3.63, 3.8) is 0 Å². The molecule has 1 saturated carbocycles. The van der Waals surface area contributed by atoms with Gasteiger partial charge in [-0.25, -0.2) is 22.9 Å². The molecule has 0 aliphatic heterocycles. The summed E-state index contributed by atoms with van der Waals surface area (Å²) in [5.74, 6) is -3.60. The third kappa shape index (κ3) is 5.79. The van der Waals surface area contributed by atoms with Gasteiger partial charge in [-0.15, -0.1) is 0 Å². The van der Waals surface area contributed by atoms with E-state index in [0.717, 1.165) is 36.2 Å². The van der Waals surface area contributed by atoms with E-state index < -0.39 is 40.7 Å². The van der Waals surface area contributed by atoms with Crippen LogP contribution < -0.4 is 10.6 Å². The minimum Gasteiger partial charge on any atom is -0.465 e. The van der Waals surface area contributed by atoms with Crippen LogP contribution in [0.3, 0.4) is 0 Å². The lowest BCUT2D eigenvalue weighted by Gasteiger charge is -2.34.